The zero-order valence-corrected chi connectivity index (χ0v) is 17.8. The number of cyclic esters (lactones) is 1. The number of aromatic nitrogens is 2. The van der Waals surface area contributed by atoms with Crippen LogP contribution >= 0.6 is 0 Å². The average molecular weight is 428 g/mol. The molecule has 31 heavy (non-hydrogen) atoms. The SMILES string of the molecule is O=C1O[C@@H](CCN2CCN(c3ccc(F)cc3)CC2)CC12CCN(c1ncc[nH]1)CC2. The van der Waals surface area contributed by atoms with Crippen LogP contribution in [0.2, 0.25) is 0 Å². The lowest BCUT2D eigenvalue weighted by Gasteiger charge is -2.37. The van der Waals surface area contributed by atoms with Crippen molar-refractivity contribution in [3.8, 4) is 0 Å². The van der Waals surface area contributed by atoms with E-state index in [1.807, 2.05) is 18.3 Å². The van der Waals surface area contributed by atoms with Crippen LogP contribution in [-0.4, -0.2) is 72.8 Å². The summed E-state index contributed by atoms with van der Waals surface area (Å²) >= 11 is 0. The lowest BCUT2D eigenvalue weighted by atomic mass is 9.76. The number of hydrogen-bond donors (Lipinski definition) is 1. The second-order valence-electron chi connectivity index (χ2n) is 9.01. The van der Waals surface area contributed by atoms with Crippen LogP contribution < -0.4 is 9.80 Å². The van der Waals surface area contributed by atoms with Crippen LogP contribution in [0, 0.1) is 11.2 Å². The third kappa shape index (κ3) is 4.26. The van der Waals surface area contributed by atoms with Crippen LogP contribution in [0.1, 0.15) is 25.7 Å². The number of nitrogens with one attached hydrogen (secondary N) is 1. The fraction of sp³-hybridized carbons (Fsp3) is 0.565. The highest BCUT2D eigenvalue weighted by atomic mass is 19.1. The van der Waals surface area contributed by atoms with Crippen LogP contribution in [0.15, 0.2) is 36.7 Å². The number of piperazine rings is 1. The molecule has 0 saturated carbocycles. The van der Waals surface area contributed by atoms with Gasteiger partial charge in [0, 0.05) is 70.3 Å². The van der Waals surface area contributed by atoms with E-state index < -0.39 is 0 Å². The normalized spacial score (nSPS) is 24.0. The zero-order chi connectivity index (χ0) is 21.3. The van der Waals surface area contributed by atoms with Crippen molar-refractivity contribution < 1.29 is 13.9 Å². The predicted molar refractivity (Wildman–Crippen MR) is 117 cm³/mol. The lowest BCUT2D eigenvalue weighted by molar-refractivity contribution is -0.149. The van der Waals surface area contributed by atoms with E-state index in [4.69, 9.17) is 4.74 Å². The number of hydrogen-bond acceptors (Lipinski definition) is 6. The number of carbonyl (C=O) groups excluding carboxylic acids is 1. The maximum Gasteiger partial charge on any atom is 0.312 e. The molecule has 0 aliphatic carbocycles. The summed E-state index contributed by atoms with van der Waals surface area (Å²) in [5.74, 6) is 0.688. The molecular weight excluding hydrogens is 397 g/mol. The van der Waals surface area contributed by atoms with Gasteiger partial charge in [0.2, 0.25) is 5.95 Å². The Morgan fingerprint density at radius 2 is 1.81 bits per heavy atom. The first kappa shape index (κ1) is 20.3. The maximum atomic E-state index is 13.1. The molecule has 3 fully saturated rings. The molecule has 2 aromatic rings. The number of benzene rings is 1. The Morgan fingerprint density at radius 1 is 1.06 bits per heavy atom. The van der Waals surface area contributed by atoms with E-state index in [1.165, 1.54) is 12.1 Å². The van der Waals surface area contributed by atoms with Gasteiger partial charge in [-0.3, -0.25) is 9.69 Å². The van der Waals surface area contributed by atoms with Crippen LogP contribution in [0.25, 0.3) is 0 Å². The van der Waals surface area contributed by atoms with E-state index >= 15 is 0 Å². The minimum Gasteiger partial charge on any atom is -0.462 e. The van der Waals surface area contributed by atoms with Crippen molar-refractivity contribution in [2.24, 2.45) is 5.41 Å². The third-order valence-corrected chi connectivity index (χ3v) is 7.16. The highest BCUT2D eigenvalue weighted by Gasteiger charge is 2.50. The van der Waals surface area contributed by atoms with E-state index in [9.17, 15) is 9.18 Å². The van der Waals surface area contributed by atoms with Crippen molar-refractivity contribution in [2.45, 2.75) is 31.8 Å². The molecular formula is C23H30FN5O2. The number of esters is 1. The Bertz CT molecular complexity index is 872. The number of ether oxygens (including phenoxy) is 1. The van der Waals surface area contributed by atoms with Crippen molar-refractivity contribution in [3.05, 3.63) is 42.5 Å². The standard InChI is InChI=1S/C23H30FN5O2/c24-18-1-3-19(4-2-18)28-15-13-27(14-16-28)10-5-20-17-23(21(30)31-20)6-11-29(12-7-23)22-25-8-9-26-22/h1-4,8-9,20H,5-7,10-17H2,(H,25,26)/t20-/m0/s1. The summed E-state index contributed by atoms with van der Waals surface area (Å²) in [7, 11) is 0. The average Bonchev–Trinajstić information content (AvgIpc) is 3.43. The molecule has 8 heteroatoms. The summed E-state index contributed by atoms with van der Waals surface area (Å²) in [5.41, 5.74) is 0.767. The Hall–Kier alpha value is -2.61. The second kappa shape index (κ2) is 8.49. The van der Waals surface area contributed by atoms with Crippen molar-refractivity contribution >= 4 is 17.6 Å². The summed E-state index contributed by atoms with van der Waals surface area (Å²) in [6, 6.07) is 6.73. The number of anilines is 2. The zero-order valence-electron chi connectivity index (χ0n) is 17.8. The Kier molecular flexibility index (Phi) is 5.56. The summed E-state index contributed by atoms with van der Waals surface area (Å²) < 4.78 is 19.0. The van der Waals surface area contributed by atoms with Crippen molar-refractivity contribution in [2.75, 3.05) is 55.6 Å². The van der Waals surface area contributed by atoms with E-state index in [-0.39, 0.29) is 23.3 Å². The highest BCUT2D eigenvalue weighted by Crippen LogP contribution is 2.44. The van der Waals surface area contributed by atoms with Crippen molar-refractivity contribution in [3.63, 3.8) is 0 Å². The number of nitrogens with zero attached hydrogens (tertiary/aromatic N) is 4. The number of H-pyrrole nitrogens is 1. The van der Waals surface area contributed by atoms with Gasteiger partial charge in [-0.15, -0.1) is 0 Å². The fourth-order valence-electron chi connectivity index (χ4n) is 5.19. The van der Waals surface area contributed by atoms with Gasteiger partial charge in [-0.1, -0.05) is 0 Å². The van der Waals surface area contributed by atoms with Crippen LogP contribution in [-0.2, 0) is 9.53 Å². The lowest BCUT2D eigenvalue weighted by Crippen LogP contribution is -2.47. The quantitative estimate of drug-likeness (QED) is 0.741. The molecule has 3 aliphatic heterocycles. The molecule has 0 amide bonds. The molecule has 1 aromatic carbocycles. The van der Waals surface area contributed by atoms with E-state index in [0.29, 0.717) is 0 Å². The molecule has 0 unspecified atom stereocenters. The Labute approximate surface area is 182 Å². The maximum absolute atomic E-state index is 13.1. The van der Waals surface area contributed by atoms with Crippen molar-refractivity contribution in [1.82, 2.24) is 14.9 Å². The molecule has 166 valence electrons. The van der Waals surface area contributed by atoms with Crippen LogP contribution in [0.3, 0.4) is 0 Å². The number of imidazole rings is 1. The van der Waals surface area contributed by atoms with Gasteiger partial charge < -0.3 is 19.5 Å². The van der Waals surface area contributed by atoms with Gasteiger partial charge in [-0.25, -0.2) is 9.37 Å². The molecule has 0 radical (unpaired) electrons. The monoisotopic (exact) mass is 427 g/mol. The number of halogens is 1. The van der Waals surface area contributed by atoms with E-state index in [0.717, 1.165) is 83.1 Å². The van der Waals surface area contributed by atoms with Crippen LogP contribution in [0.5, 0.6) is 0 Å². The molecule has 1 atom stereocenters. The summed E-state index contributed by atoms with van der Waals surface area (Å²) in [6.07, 6.45) is 7.02. The molecule has 4 heterocycles. The minimum absolute atomic E-state index is 0.00211. The molecule has 0 bridgehead atoms. The third-order valence-electron chi connectivity index (χ3n) is 7.16. The van der Waals surface area contributed by atoms with Crippen LogP contribution in [0.4, 0.5) is 16.0 Å². The van der Waals surface area contributed by atoms with Gasteiger partial charge in [0.15, 0.2) is 0 Å². The topological polar surface area (TPSA) is 64.7 Å². The van der Waals surface area contributed by atoms with Gasteiger partial charge >= 0.3 is 5.97 Å². The van der Waals surface area contributed by atoms with Crippen molar-refractivity contribution in [1.29, 1.82) is 0 Å². The predicted octanol–water partition coefficient (Wildman–Crippen LogP) is 2.66. The molecule has 1 aromatic heterocycles. The Balaban J connectivity index is 1.08. The minimum atomic E-state index is -0.310. The second-order valence-corrected chi connectivity index (χ2v) is 9.01. The van der Waals surface area contributed by atoms with Gasteiger partial charge in [-0.2, -0.15) is 0 Å². The summed E-state index contributed by atoms with van der Waals surface area (Å²) in [5, 5.41) is 0. The molecule has 1 spiro atoms. The largest absolute Gasteiger partial charge is 0.462 e. The number of aromatic amines is 1. The molecule has 5 rings (SSSR count). The number of rotatable bonds is 5. The molecule has 1 N–H and O–H groups in total. The highest BCUT2D eigenvalue weighted by molar-refractivity contribution is 5.79. The first-order valence-corrected chi connectivity index (χ1v) is 11.3. The summed E-state index contributed by atoms with van der Waals surface area (Å²) in [4.78, 5) is 27.2. The first-order chi connectivity index (χ1) is 15.1. The van der Waals surface area contributed by atoms with Gasteiger partial charge in [0.1, 0.15) is 11.9 Å². The summed E-state index contributed by atoms with van der Waals surface area (Å²) in [6.45, 7) is 6.43. The number of carbonyl (C=O) groups is 1. The molecule has 7 nitrogen and oxygen atoms in total. The van der Waals surface area contributed by atoms with E-state index in [2.05, 4.69) is 24.7 Å². The van der Waals surface area contributed by atoms with E-state index in [1.54, 1.807) is 6.20 Å². The first-order valence-electron chi connectivity index (χ1n) is 11.3. The Morgan fingerprint density at radius 3 is 2.48 bits per heavy atom. The molecule has 3 saturated heterocycles. The smallest absolute Gasteiger partial charge is 0.312 e. The fourth-order valence-corrected chi connectivity index (χ4v) is 5.19. The number of piperidine rings is 1. The molecule has 3 aliphatic rings. The van der Waals surface area contributed by atoms with Gasteiger partial charge in [0.05, 0.1) is 5.41 Å². The van der Waals surface area contributed by atoms with Gasteiger partial charge in [-0.05, 0) is 43.5 Å². The van der Waals surface area contributed by atoms with Gasteiger partial charge in [0.25, 0.3) is 0 Å².